The predicted molar refractivity (Wildman–Crippen MR) is 64.4 cm³/mol. The number of aromatic hydroxyl groups is 1. The zero-order valence-electron chi connectivity index (χ0n) is 8.94. The van der Waals surface area contributed by atoms with Crippen LogP contribution in [0.3, 0.4) is 0 Å². The maximum absolute atomic E-state index is 9.66. The van der Waals surface area contributed by atoms with Crippen LogP contribution in [0.2, 0.25) is 0 Å². The lowest BCUT2D eigenvalue weighted by molar-refractivity contribution is 0.455. The van der Waals surface area contributed by atoms with Crippen molar-refractivity contribution in [1.29, 1.82) is 0 Å². The van der Waals surface area contributed by atoms with Crippen LogP contribution in [0, 0.1) is 12.8 Å². The molecule has 0 bridgehead atoms. The van der Waals surface area contributed by atoms with Crippen LogP contribution < -0.4 is 5.73 Å². The Bertz CT molecular complexity index is 336. The number of nitrogens with two attached hydrogens (primary N) is 1. The molecule has 2 rings (SSSR count). The molecule has 3 heteroatoms. The molecule has 1 aromatic carbocycles. The summed E-state index contributed by atoms with van der Waals surface area (Å²) in [5, 5.41) is 9.66. The van der Waals surface area contributed by atoms with Crippen molar-refractivity contribution in [3.8, 4) is 5.75 Å². The molecule has 0 radical (unpaired) electrons. The fraction of sp³-hybridized carbons (Fsp3) is 0.500. The molecule has 1 aromatic rings. The molecule has 0 heterocycles. The minimum absolute atomic E-state index is 0. The fourth-order valence-corrected chi connectivity index (χ4v) is 1.81. The normalized spacial score (nSPS) is 16.9. The number of phenols is 1. The van der Waals surface area contributed by atoms with Gasteiger partial charge in [0.25, 0.3) is 0 Å². The first-order chi connectivity index (χ1) is 6.66. The maximum atomic E-state index is 9.66. The van der Waals surface area contributed by atoms with E-state index in [1.54, 1.807) is 6.07 Å². The van der Waals surface area contributed by atoms with Crippen molar-refractivity contribution >= 4 is 12.4 Å². The highest BCUT2D eigenvalue weighted by atomic mass is 35.5. The van der Waals surface area contributed by atoms with Crippen molar-refractivity contribution in [3.63, 3.8) is 0 Å². The number of halogens is 1. The third-order valence-electron chi connectivity index (χ3n) is 2.87. The maximum Gasteiger partial charge on any atom is 0.120 e. The highest BCUT2D eigenvalue weighted by Crippen LogP contribution is 2.38. The molecule has 84 valence electrons. The number of hydrogen-bond acceptors (Lipinski definition) is 2. The molecular weight excluding hydrogens is 210 g/mol. The molecule has 1 atom stereocenters. The van der Waals surface area contributed by atoms with E-state index < -0.39 is 0 Å². The van der Waals surface area contributed by atoms with Gasteiger partial charge in [0, 0.05) is 11.6 Å². The Morgan fingerprint density at radius 2 is 2.13 bits per heavy atom. The average Bonchev–Trinajstić information content (AvgIpc) is 2.93. The number of rotatable bonds is 3. The largest absolute Gasteiger partial charge is 0.508 e. The molecule has 1 fully saturated rings. The Balaban J connectivity index is 0.00000112. The van der Waals surface area contributed by atoms with E-state index in [4.69, 9.17) is 5.73 Å². The second-order valence-corrected chi connectivity index (χ2v) is 4.35. The highest BCUT2D eigenvalue weighted by Gasteiger charge is 2.25. The van der Waals surface area contributed by atoms with Crippen LogP contribution in [-0.4, -0.2) is 5.11 Å². The average molecular weight is 228 g/mol. The second-order valence-electron chi connectivity index (χ2n) is 4.35. The number of phenolic OH excluding ortho intramolecular Hbond substituents is 1. The molecule has 0 aromatic heterocycles. The van der Waals surface area contributed by atoms with E-state index in [-0.39, 0.29) is 18.4 Å². The molecule has 0 amide bonds. The van der Waals surface area contributed by atoms with E-state index in [1.807, 2.05) is 19.1 Å². The highest BCUT2D eigenvalue weighted by molar-refractivity contribution is 5.85. The Morgan fingerprint density at radius 1 is 1.47 bits per heavy atom. The van der Waals surface area contributed by atoms with E-state index in [0.717, 1.165) is 23.5 Å². The van der Waals surface area contributed by atoms with Crippen molar-refractivity contribution in [2.45, 2.75) is 32.2 Å². The lowest BCUT2D eigenvalue weighted by Gasteiger charge is -2.13. The van der Waals surface area contributed by atoms with Crippen molar-refractivity contribution in [3.05, 3.63) is 29.3 Å². The first-order valence-electron chi connectivity index (χ1n) is 5.22. The van der Waals surface area contributed by atoms with Crippen LogP contribution in [0.25, 0.3) is 0 Å². The number of aryl methyl sites for hydroxylation is 1. The van der Waals surface area contributed by atoms with E-state index >= 15 is 0 Å². The summed E-state index contributed by atoms with van der Waals surface area (Å²) in [7, 11) is 0. The summed E-state index contributed by atoms with van der Waals surface area (Å²) in [6, 6.07) is 5.63. The van der Waals surface area contributed by atoms with E-state index in [0.29, 0.717) is 5.75 Å². The molecule has 0 aliphatic heterocycles. The zero-order chi connectivity index (χ0) is 10.1. The summed E-state index contributed by atoms with van der Waals surface area (Å²) in [4.78, 5) is 0. The van der Waals surface area contributed by atoms with Gasteiger partial charge in [-0.3, -0.25) is 0 Å². The second kappa shape index (κ2) is 4.86. The standard InChI is InChI=1S/C12H17NO.ClH/c1-8-2-5-12(14)10(6-8)11(13)7-9-3-4-9;/h2,5-6,9,11,14H,3-4,7,13H2,1H3;1H/t11-;/m0./s1. The lowest BCUT2D eigenvalue weighted by Crippen LogP contribution is -2.11. The number of benzene rings is 1. The van der Waals surface area contributed by atoms with Crippen LogP contribution in [-0.2, 0) is 0 Å². The summed E-state index contributed by atoms with van der Waals surface area (Å²) in [5.41, 5.74) is 8.10. The van der Waals surface area contributed by atoms with Gasteiger partial charge in [-0.05, 0) is 25.3 Å². The molecule has 3 N–H and O–H groups in total. The van der Waals surface area contributed by atoms with Gasteiger partial charge >= 0.3 is 0 Å². The van der Waals surface area contributed by atoms with Crippen LogP contribution in [0.1, 0.15) is 36.4 Å². The molecule has 1 aliphatic carbocycles. The summed E-state index contributed by atoms with van der Waals surface area (Å²) < 4.78 is 0. The first-order valence-corrected chi connectivity index (χ1v) is 5.22. The van der Waals surface area contributed by atoms with Gasteiger partial charge in [-0.15, -0.1) is 12.4 Å². The molecule has 1 aliphatic rings. The van der Waals surface area contributed by atoms with Gasteiger partial charge in [-0.2, -0.15) is 0 Å². The smallest absolute Gasteiger partial charge is 0.120 e. The molecular formula is C12H18ClNO. The topological polar surface area (TPSA) is 46.2 Å². The summed E-state index contributed by atoms with van der Waals surface area (Å²) in [6.45, 7) is 2.02. The molecule has 0 unspecified atom stereocenters. The van der Waals surface area contributed by atoms with Gasteiger partial charge in [0.1, 0.15) is 5.75 Å². The van der Waals surface area contributed by atoms with Crippen molar-refractivity contribution < 1.29 is 5.11 Å². The minimum atomic E-state index is 0. The lowest BCUT2D eigenvalue weighted by atomic mass is 9.99. The summed E-state index contributed by atoms with van der Waals surface area (Å²) >= 11 is 0. The third-order valence-corrected chi connectivity index (χ3v) is 2.87. The minimum Gasteiger partial charge on any atom is -0.508 e. The van der Waals surface area contributed by atoms with Crippen LogP contribution in [0.5, 0.6) is 5.75 Å². The van der Waals surface area contributed by atoms with Gasteiger partial charge in [0.15, 0.2) is 0 Å². The Kier molecular flexibility index (Phi) is 4.00. The fourth-order valence-electron chi connectivity index (χ4n) is 1.81. The number of hydrogen-bond donors (Lipinski definition) is 2. The Labute approximate surface area is 96.9 Å². The van der Waals surface area contributed by atoms with Crippen LogP contribution >= 0.6 is 12.4 Å². The van der Waals surface area contributed by atoms with E-state index in [1.165, 1.54) is 12.8 Å². The molecule has 1 saturated carbocycles. The van der Waals surface area contributed by atoms with Gasteiger partial charge in [-0.1, -0.05) is 30.5 Å². The van der Waals surface area contributed by atoms with Gasteiger partial charge in [-0.25, -0.2) is 0 Å². The van der Waals surface area contributed by atoms with Crippen LogP contribution in [0.15, 0.2) is 18.2 Å². The monoisotopic (exact) mass is 227 g/mol. The Morgan fingerprint density at radius 3 is 2.73 bits per heavy atom. The SMILES string of the molecule is Cc1ccc(O)c([C@@H](N)CC2CC2)c1.Cl. The molecule has 0 saturated heterocycles. The zero-order valence-corrected chi connectivity index (χ0v) is 9.76. The van der Waals surface area contributed by atoms with Crippen molar-refractivity contribution in [2.75, 3.05) is 0 Å². The Hall–Kier alpha value is -0.730. The van der Waals surface area contributed by atoms with E-state index in [9.17, 15) is 5.11 Å². The third kappa shape index (κ3) is 3.11. The first kappa shape index (κ1) is 12.3. The van der Waals surface area contributed by atoms with Gasteiger partial charge in [0.2, 0.25) is 0 Å². The van der Waals surface area contributed by atoms with E-state index in [2.05, 4.69) is 0 Å². The van der Waals surface area contributed by atoms with Crippen molar-refractivity contribution in [1.82, 2.24) is 0 Å². The van der Waals surface area contributed by atoms with Gasteiger partial charge < -0.3 is 10.8 Å². The predicted octanol–water partition coefficient (Wildman–Crippen LogP) is 2.92. The van der Waals surface area contributed by atoms with Crippen LogP contribution in [0.4, 0.5) is 0 Å². The molecule has 15 heavy (non-hydrogen) atoms. The summed E-state index contributed by atoms with van der Waals surface area (Å²) in [6.07, 6.45) is 3.62. The molecule has 0 spiro atoms. The quantitative estimate of drug-likeness (QED) is 0.834. The van der Waals surface area contributed by atoms with Gasteiger partial charge in [0.05, 0.1) is 0 Å². The van der Waals surface area contributed by atoms with Crippen molar-refractivity contribution in [2.24, 2.45) is 11.7 Å². The molecule has 2 nitrogen and oxygen atoms in total. The summed E-state index contributed by atoms with van der Waals surface area (Å²) in [5.74, 6) is 1.13.